The summed E-state index contributed by atoms with van der Waals surface area (Å²) in [5, 5.41) is 45.3. The number of likely N-dealkylation sites (N-methyl/N-ethyl adjacent to an activating group) is 2. The van der Waals surface area contributed by atoms with Crippen molar-refractivity contribution in [1.82, 2.24) is 14.7 Å². The van der Waals surface area contributed by atoms with Crippen molar-refractivity contribution in [3.63, 3.8) is 0 Å². The summed E-state index contributed by atoms with van der Waals surface area (Å²) < 4.78 is 5.85. The summed E-state index contributed by atoms with van der Waals surface area (Å²) in [5.41, 5.74) is 2.88. The number of hydrogen-bond acceptors (Lipinski definition) is 11. The number of allylic oxidation sites excluding steroid dienone is 1. The van der Waals surface area contributed by atoms with Crippen molar-refractivity contribution in [1.29, 1.82) is 0 Å². The number of carbonyl (C=O) groups excluding carboxylic acids is 3. The van der Waals surface area contributed by atoms with Crippen LogP contribution in [0.4, 0.5) is 0 Å². The van der Waals surface area contributed by atoms with Gasteiger partial charge in [0.15, 0.2) is 11.4 Å². The number of rotatable bonds is 9. The molecule has 1 aromatic rings. The summed E-state index contributed by atoms with van der Waals surface area (Å²) in [5.74, 6) is -6.26. The molecule has 4 aliphatic rings. The van der Waals surface area contributed by atoms with Gasteiger partial charge in [0.2, 0.25) is 5.78 Å². The van der Waals surface area contributed by atoms with Gasteiger partial charge in [0.1, 0.15) is 28.6 Å². The standard InChI is InChI=1S/C31H42N4O8/c1-5-34(10-11-35-8-6-7-9-35)15-17-14-20(36)22-18(27(17)43-4)12-16-13-19-24(33(2)3)26(38)23(30(32)41)29(40)31(19,42)28(39)21(16)25(22)37/h14,16,19,24,36,38-39,42H,5-13,15H2,1-4H3,(H2,32,41)/t16-,19-,24-,31-/m0/s1. The van der Waals surface area contributed by atoms with E-state index in [1.807, 2.05) is 0 Å². The van der Waals surface area contributed by atoms with E-state index in [2.05, 4.69) is 16.7 Å². The lowest BCUT2D eigenvalue weighted by Crippen LogP contribution is -2.63. The molecule has 0 saturated carbocycles. The number of ketones is 2. The van der Waals surface area contributed by atoms with E-state index in [1.165, 1.54) is 30.9 Å². The Morgan fingerprint density at radius 2 is 1.86 bits per heavy atom. The molecular weight excluding hydrogens is 556 g/mol. The molecule has 0 bridgehead atoms. The molecule has 1 amide bonds. The zero-order valence-electron chi connectivity index (χ0n) is 25.2. The topological polar surface area (TPSA) is 177 Å². The first-order valence-corrected chi connectivity index (χ1v) is 14.9. The van der Waals surface area contributed by atoms with Gasteiger partial charge in [0.05, 0.1) is 18.7 Å². The lowest BCUT2D eigenvalue weighted by Gasteiger charge is -2.50. The van der Waals surface area contributed by atoms with E-state index in [-0.39, 0.29) is 29.7 Å². The second-order valence-corrected chi connectivity index (χ2v) is 12.3. The first-order valence-electron chi connectivity index (χ1n) is 14.9. The number of nitrogens with zero attached hydrogens (tertiary/aromatic N) is 3. The van der Waals surface area contributed by atoms with Crippen LogP contribution < -0.4 is 10.5 Å². The lowest BCUT2D eigenvalue weighted by molar-refractivity contribution is -0.148. The van der Waals surface area contributed by atoms with Gasteiger partial charge in [-0.3, -0.25) is 24.2 Å². The molecule has 0 spiro atoms. The van der Waals surface area contributed by atoms with Crippen molar-refractivity contribution in [2.45, 2.75) is 50.8 Å². The number of aliphatic hydroxyl groups excluding tert-OH is 2. The maximum atomic E-state index is 14.0. The summed E-state index contributed by atoms with van der Waals surface area (Å²) in [7, 11) is 4.72. The van der Waals surface area contributed by atoms with Crippen LogP contribution in [0.15, 0.2) is 28.7 Å². The Balaban J connectivity index is 1.55. The Morgan fingerprint density at radius 3 is 2.44 bits per heavy atom. The SMILES string of the molecule is CCN(CCN1CCCC1)Cc1cc(O)c2c(c1OC)C[C@H]1C[C@H]3[C@H](N(C)C)C(O)=C(C(N)=O)C(=O)[C@@]3(O)C(O)=C1C2=O. The molecule has 1 fully saturated rings. The third-order valence-electron chi connectivity index (χ3n) is 9.73. The van der Waals surface area contributed by atoms with Gasteiger partial charge in [-0.15, -0.1) is 0 Å². The van der Waals surface area contributed by atoms with Gasteiger partial charge in [-0.2, -0.15) is 0 Å². The Morgan fingerprint density at radius 1 is 1.19 bits per heavy atom. The van der Waals surface area contributed by atoms with Crippen molar-refractivity contribution in [2.24, 2.45) is 17.6 Å². The first kappa shape index (κ1) is 31.0. The number of likely N-dealkylation sites (tertiary alicyclic amines) is 1. The third-order valence-corrected chi connectivity index (χ3v) is 9.73. The van der Waals surface area contributed by atoms with Gasteiger partial charge in [0.25, 0.3) is 5.91 Å². The number of benzene rings is 1. The summed E-state index contributed by atoms with van der Waals surface area (Å²) >= 11 is 0. The molecule has 0 unspecified atom stereocenters. The van der Waals surface area contributed by atoms with Crippen LogP contribution >= 0.6 is 0 Å². The highest BCUT2D eigenvalue weighted by Crippen LogP contribution is 2.53. The van der Waals surface area contributed by atoms with Crippen LogP contribution in [0.25, 0.3) is 0 Å². The number of methoxy groups -OCH3 is 1. The van der Waals surface area contributed by atoms with Crippen LogP contribution in [0, 0.1) is 11.8 Å². The molecule has 5 rings (SSSR count). The first-order chi connectivity index (χ1) is 20.4. The van der Waals surface area contributed by atoms with Crippen molar-refractivity contribution in [2.75, 3.05) is 53.9 Å². The maximum absolute atomic E-state index is 14.0. The Hall–Kier alpha value is -3.45. The molecule has 4 atom stereocenters. The molecule has 12 nitrogen and oxygen atoms in total. The van der Waals surface area contributed by atoms with E-state index in [9.17, 15) is 34.8 Å². The lowest BCUT2D eigenvalue weighted by atomic mass is 9.58. The second kappa shape index (κ2) is 11.6. The zero-order chi connectivity index (χ0) is 31.4. The number of phenols is 1. The maximum Gasteiger partial charge on any atom is 0.255 e. The number of phenolic OH excluding ortho intramolecular Hbond substituents is 1. The average molecular weight is 599 g/mol. The number of nitrogens with two attached hydrogens (primary N) is 1. The zero-order valence-corrected chi connectivity index (χ0v) is 25.2. The predicted molar refractivity (Wildman–Crippen MR) is 157 cm³/mol. The Labute approximate surface area is 251 Å². The number of aliphatic hydroxyl groups is 3. The average Bonchev–Trinajstić information content (AvgIpc) is 3.46. The minimum atomic E-state index is -2.67. The molecule has 12 heteroatoms. The smallest absolute Gasteiger partial charge is 0.255 e. The van der Waals surface area contributed by atoms with Gasteiger partial charge < -0.3 is 35.8 Å². The fourth-order valence-corrected chi connectivity index (χ4v) is 7.61. The van der Waals surface area contributed by atoms with Crippen molar-refractivity contribution in [3.8, 4) is 11.5 Å². The van der Waals surface area contributed by atoms with E-state index in [0.29, 0.717) is 17.9 Å². The molecule has 1 saturated heterocycles. The molecule has 43 heavy (non-hydrogen) atoms. The minimum Gasteiger partial charge on any atom is -0.510 e. The van der Waals surface area contributed by atoms with Crippen molar-refractivity contribution in [3.05, 3.63) is 45.4 Å². The number of aromatic hydroxyl groups is 1. The van der Waals surface area contributed by atoms with Crippen LogP contribution in [0.1, 0.15) is 47.7 Å². The number of amides is 1. The number of Topliss-reactive ketones (excluding diaryl/α,β-unsaturated/α-hetero) is 2. The highest BCUT2D eigenvalue weighted by Gasteiger charge is 2.63. The van der Waals surface area contributed by atoms with Crippen LogP contribution in [0.2, 0.25) is 0 Å². The minimum absolute atomic E-state index is 0.0246. The van der Waals surface area contributed by atoms with Gasteiger partial charge in [-0.25, -0.2) is 0 Å². The highest BCUT2D eigenvalue weighted by molar-refractivity contribution is 6.24. The Bertz CT molecular complexity index is 1410. The molecule has 3 aliphatic carbocycles. The van der Waals surface area contributed by atoms with Gasteiger partial charge in [-0.05, 0) is 71.4 Å². The normalized spacial score (nSPS) is 27.6. The number of ether oxygens (including phenoxy) is 1. The fraction of sp³-hybridized carbons (Fsp3) is 0.581. The second-order valence-electron chi connectivity index (χ2n) is 12.3. The molecular formula is C31H42N4O8. The number of fused-ring (bicyclic) bond motifs is 3. The summed E-state index contributed by atoms with van der Waals surface area (Å²) in [6, 6.07) is 0.465. The van der Waals surface area contributed by atoms with E-state index in [0.717, 1.165) is 38.3 Å². The van der Waals surface area contributed by atoms with Crippen LogP contribution in [0.3, 0.4) is 0 Å². The Kier molecular flexibility index (Phi) is 8.34. The van der Waals surface area contributed by atoms with Crippen molar-refractivity contribution < 1.29 is 39.5 Å². The van der Waals surface area contributed by atoms with Gasteiger partial charge in [0, 0.05) is 42.3 Å². The van der Waals surface area contributed by atoms with E-state index < -0.39 is 58.0 Å². The number of carbonyl (C=O) groups is 3. The molecule has 0 radical (unpaired) electrons. The fourth-order valence-electron chi connectivity index (χ4n) is 7.61. The molecule has 1 heterocycles. The van der Waals surface area contributed by atoms with Gasteiger partial charge >= 0.3 is 0 Å². The van der Waals surface area contributed by atoms with Crippen molar-refractivity contribution >= 4 is 17.5 Å². The monoisotopic (exact) mass is 598 g/mol. The molecule has 0 aromatic heterocycles. The van der Waals surface area contributed by atoms with Crippen LogP contribution in [0.5, 0.6) is 11.5 Å². The number of hydrogen-bond donors (Lipinski definition) is 5. The summed E-state index contributed by atoms with van der Waals surface area (Å²) in [6.45, 7) is 7.32. The third kappa shape index (κ3) is 4.90. The van der Waals surface area contributed by atoms with E-state index in [1.54, 1.807) is 14.1 Å². The molecule has 234 valence electrons. The predicted octanol–water partition coefficient (Wildman–Crippen LogP) is 1.05. The molecule has 1 aromatic carbocycles. The largest absolute Gasteiger partial charge is 0.510 e. The summed E-state index contributed by atoms with van der Waals surface area (Å²) in [4.78, 5) is 45.8. The molecule has 1 aliphatic heterocycles. The van der Waals surface area contributed by atoms with E-state index >= 15 is 0 Å². The van der Waals surface area contributed by atoms with Crippen LogP contribution in [-0.4, -0.2) is 118 Å². The molecule has 6 N–H and O–H groups in total. The summed E-state index contributed by atoms with van der Waals surface area (Å²) in [6.07, 6.45) is 2.63. The van der Waals surface area contributed by atoms with Crippen LogP contribution in [-0.2, 0) is 22.6 Å². The quantitative estimate of drug-likeness (QED) is 0.257. The van der Waals surface area contributed by atoms with Gasteiger partial charge in [-0.1, -0.05) is 6.92 Å². The van der Waals surface area contributed by atoms with E-state index in [4.69, 9.17) is 10.5 Å². The highest BCUT2D eigenvalue weighted by atomic mass is 16.5. The number of primary amides is 1.